The minimum absolute atomic E-state index is 0.0418. The predicted molar refractivity (Wildman–Crippen MR) is 97.1 cm³/mol. The minimum atomic E-state index is -0.298. The van der Waals surface area contributed by atoms with E-state index in [1.165, 1.54) is 0 Å². The molecule has 3 aliphatic rings. The Kier molecular flexibility index (Phi) is 4.87. The maximum atomic E-state index is 12.8. The van der Waals surface area contributed by atoms with Crippen LogP contribution in [-0.4, -0.2) is 67.1 Å². The molecule has 1 aromatic carbocycles. The molecule has 0 N–H and O–H groups in total. The molecule has 138 valence electrons. The Bertz CT molecular complexity index is 750. The van der Waals surface area contributed by atoms with Gasteiger partial charge in [0.1, 0.15) is 18.5 Å². The van der Waals surface area contributed by atoms with Gasteiger partial charge in [-0.1, -0.05) is 11.6 Å². The Balaban J connectivity index is 1.38. The summed E-state index contributed by atoms with van der Waals surface area (Å²) in [5.74, 6) is 0.746. The van der Waals surface area contributed by atoms with E-state index in [0.717, 1.165) is 24.2 Å². The van der Waals surface area contributed by atoms with E-state index in [0.29, 0.717) is 43.4 Å². The molecule has 0 aliphatic carbocycles. The first-order chi connectivity index (χ1) is 12.6. The zero-order valence-corrected chi connectivity index (χ0v) is 15.2. The van der Waals surface area contributed by atoms with Crippen LogP contribution in [0.15, 0.2) is 23.8 Å². The number of amides is 2. The molecule has 2 saturated heterocycles. The number of nitrogens with zero attached hydrogens (tertiary/aromatic N) is 2. The molecule has 1 unspecified atom stereocenters. The molecule has 0 bridgehead atoms. The summed E-state index contributed by atoms with van der Waals surface area (Å²) in [5.41, 5.74) is 1.43. The van der Waals surface area contributed by atoms with Gasteiger partial charge in [-0.3, -0.25) is 9.59 Å². The van der Waals surface area contributed by atoms with Crippen molar-refractivity contribution in [3.63, 3.8) is 0 Å². The molecule has 2 amide bonds. The average Bonchev–Trinajstić information content (AvgIpc) is 3.21. The SMILES string of the molecule is O=C(C1=Cc2cc(Cl)ccc2OC1)N1CCN(C(=O)C2CCCO2)CC1. The smallest absolute Gasteiger partial charge is 0.253 e. The molecule has 0 radical (unpaired) electrons. The summed E-state index contributed by atoms with van der Waals surface area (Å²) in [6.45, 7) is 3.05. The van der Waals surface area contributed by atoms with Crippen LogP contribution in [0.25, 0.3) is 6.08 Å². The number of carbonyl (C=O) groups is 2. The summed E-state index contributed by atoms with van der Waals surface area (Å²) < 4.78 is 11.1. The van der Waals surface area contributed by atoms with Gasteiger partial charge in [0.2, 0.25) is 0 Å². The fourth-order valence-electron chi connectivity index (χ4n) is 3.58. The highest BCUT2D eigenvalue weighted by Gasteiger charge is 2.32. The van der Waals surface area contributed by atoms with Crippen molar-refractivity contribution >= 4 is 29.5 Å². The second kappa shape index (κ2) is 7.29. The van der Waals surface area contributed by atoms with E-state index in [9.17, 15) is 9.59 Å². The maximum absolute atomic E-state index is 12.8. The molecular weight excluding hydrogens is 356 g/mol. The number of piperazine rings is 1. The summed E-state index contributed by atoms with van der Waals surface area (Å²) in [6, 6.07) is 5.37. The van der Waals surface area contributed by atoms with Gasteiger partial charge in [-0.25, -0.2) is 0 Å². The number of carbonyl (C=O) groups excluding carboxylic acids is 2. The maximum Gasteiger partial charge on any atom is 0.253 e. The molecule has 4 rings (SSSR count). The van der Waals surface area contributed by atoms with Crippen LogP contribution >= 0.6 is 11.6 Å². The molecule has 3 aliphatic heterocycles. The minimum Gasteiger partial charge on any atom is -0.488 e. The van der Waals surface area contributed by atoms with Crippen LogP contribution in [0.4, 0.5) is 0 Å². The van der Waals surface area contributed by atoms with Gasteiger partial charge in [0.05, 0.1) is 5.57 Å². The lowest BCUT2D eigenvalue weighted by Crippen LogP contribution is -2.53. The van der Waals surface area contributed by atoms with Gasteiger partial charge >= 0.3 is 0 Å². The van der Waals surface area contributed by atoms with Crippen molar-refractivity contribution < 1.29 is 19.1 Å². The number of hydrogen-bond donors (Lipinski definition) is 0. The van der Waals surface area contributed by atoms with Crippen molar-refractivity contribution in [2.45, 2.75) is 18.9 Å². The lowest BCUT2D eigenvalue weighted by atomic mass is 10.1. The fraction of sp³-hybridized carbons (Fsp3) is 0.474. The second-order valence-corrected chi connectivity index (χ2v) is 7.20. The van der Waals surface area contributed by atoms with Gasteiger partial charge in [0.25, 0.3) is 11.8 Å². The van der Waals surface area contributed by atoms with E-state index in [1.807, 2.05) is 12.1 Å². The summed E-state index contributed by atoms with van der Waals surface area (Å²) in [6.07, 6.45) is 3.28. The lowest BCUT2D eigenvalue weighted by molar-refractivity contribution is -0.145. The Morgan fingerprint density at radius 2 is 1.88 bits per heavy atom. The summed E-state index contributed by atoms with van der Waals surface area (Å²) in [5, 5.41) is 0.610. The van der Waals surface area contributed by atoms with Crippen LogP contribution in [-0.2, 0) is 14.3 Å². The summed E-state index contributed by atoms with van der Waals surface area (Å²) in [4.78, 5) is 28.8. The van der Waals surface area contributed by atoms with Crippen molar-refractivity contribution in [3.8, 4) is 5.75 Å². The Morgan fingerprint density at radius 3 is 2.62 bits per heavy atom. The first-order valence-corrected chi connectivity index (χ1v) is 9.32. The molecule has 3 heterocycles. The third-order valence-corrected chi connectivity index (χ3v) is 5.28. The zero-order chi connectivity index (χ0) is 18.1. The number of ether oxygens (including phenoxy) is 2. The van der Waals surface area contributed by atoms with Gasteiger partial charge in [0.15, 0.2) is 0 Å². The highest BCUT2D eigenvalue weighted by molar-refractivity contribution is 6.30. The first kappa shape index (κ1) is 17.4. The van der Waals surface area contributed by atoms with Crippen molar-refractivity contribution in [2.24, 2.45) is 0 Å². The van der Waals surface area contributed by atoms with E-state index in [2.05, 4.69) is 0 Å². The van der Waals surface area contributed by atoms with Gasteiger partial charge in [-0.05, 0) is 37.1 Å². The van der Waals surface area contributed by atoms with Crippen LogP contribution < -0.4 is 4.74 Å². The second-order valence-electron chi connectivity index (χ2n) is 6.76. The Morgan fingerprint density at radius 1 is 1.12 bits per heavy atom. The predicted octanol–water partition coefficient (Wildman–Crippen LogP) is 1.97. The third kappa shape index (κ3) is 3.44. The number of benzene rings is 1. The molecule has 26 heavy (non-hydrogen) atoms. The molecule has 2 fully saturated rings. The molecule has 0 aromatic heterocycles. The van der Waals surface area contributed by atoms with E-state index in [1.54, 1.807) is 21.9 Å². The van der Waals surface area contributed by atoms with Gasteiger partial charge in [0, 0.05) is 43.4 Å². The normalized spacial score (nSPS) is 22.5. The van der Waals surface area contributed by atoms with Crippen LogP contribution in [0, 0.1) is 0 Å². The topological polar surface area (TPSA) is 59.1 Å². The molecule has 0 saturated carbocycles. The van der Waals surface area contributed by atoms with E-state index in [4.69, 9.17) is 21.1 Å². The first-order valence-electron chi connectivity index (χ1n) is 8.94. The fourth-order valence-corrected chi connectivity index (χ4v) is 3.76. The highest BCUT2D eigenvalue weighted by Crippen LogP contribution is 2.29. The van der Waals surface area contributed by atoms with Crippen molar-refractivity contribution in [2.75, 3.05) is 39.4 Å². The summed E-state index contributed by atoms with van der Waals surface area (Å²) in [7, 11) is 0. The Hall–Kier alpha value is -2.05. The largest absolute Gasteiger partial charge is 0.488 e. The molecular formula is C19H21ClN2O4. The monoisotopic (exact) mass is 376 g/mol. The number of fused-ring (bicyclic) bond motifs is 1. The van der Waals surface area contributed by atoms with Crippen LogP contribution in [0.5, 0.6) is 5.75 Å². The number of halogens is 1. The quantitative estimate of drug-likeness (QED) is 0.791. The van der Waals surface area contributed by atoms with Crippen LogP contribution in [0.1, 0.15) is 18.4 Å². The molecule has 0 spiro atoms. The molecule has 7 heteroatoms. The van der Waals surface area contributed by atoms with Crippen molar-refractivity contribution in [3.05, 3.63) is 34.4 Å². The van der Waals surface area contributed by atoms with Crippen molar-refractivity contribution in [1.82, 2.24) is 9.80 Å². The van der Waals surface area contributed by atoms with E-state index < -0.39 is 0 Å². The summed E-state index contributed by atoms with van der Waals surface area (Å²) >= 11 is 6.02. The van der Waals surface area contributed by atoms with Gasteiger partial charge in [-0.2, -0.15) is 0 Å². The molecule has 1 aromatic rings. The van der Waals surface area contributed by atoms with E-state index >= 15 is 0 Å². The van der Waals surface area contributed by atoms with Gasteiger partial charge in [-0.15, -0.1) is 0 Å². The molecule has 6 nitrogen and oxygen atoms in total. The van der Waals surface area contributed by atoms with Gasteiger partial charge < -0.3 is 19.3 Å². The van der Waals surface area contributed by atoms with Crippen LogP contribution in [0.2, 0.25) is 5.02 Å². The Labute approximate surface area is 157 Å². The van der Waals surface area contributed by atoms with Crippen molar-refractivity contribution in [1.29, 1.82) is 0 Å². The van der Waals surface area contributed by atoms with Crippen LogP contribution in [0.3, 0.4) is 0 Å². The standard InChI is InChI=1S/C19H21ClN2O4/c20-15-3-4-16-13(11-15)10-14(12-26-16)18(23)21-5-7-22(8-6-21)19(24)17-2-1-9-25-17/h3-4,10-11,17H,1-2,5-9,12H2. The molecule has 1 atom stereocenters. The number of rotatable bonds is 2. The highest BCUT2D eigenvalue weighted by atomic mass is 35.5. The lowest BCUT2D eigenvalue weighted by Gasteiger charge is -2.36. The zero-order valence-electron chi connectivity index (χ0n) is 14.4. The van der Waals surface area contributed by atoms with E-state index in [-0.39, 0.29) is 24.5 Å². The third-order valence-electron chi connectivity index (χ3n) is 5.04. The average molecular weight is 377 g/mol. The number of hydrogen-bond acceptors (Lipinski definition) is 4.